The van der Waals surface area contributed by atoms with E-state index in [-0.39, 0.29) is 22.3 Å². The molecule has 4 heteroatoms. The molecule has 5 saturated carbocycles. The van der Waals surface area contributed by atoms with Crippen molar-refractivity contribution in [3.63, 3.8) is 0 Å². The van der Waals surface area contributed by atoms with E-state index in [0.717, 1.165) is 32.4 Å². The normalized spacial score (nSPS) is 43.9. The third-order valence-electron chi connectivity index (χ3n) is 9.61. The Kier molecular flexibility index (Phi) is 4.07. The Morgan fingerprint density at radius 3 is 2.57 bits per heavy atom. The van der Waals surface area contributed by atoms with E-state index in [1.165, 1.54) is 31.2 Å². The maximum absolute atomic E-state index is 14.2. The number of amides is 1. The Bertz CT molecular complexity index is 849. The molecule has 30 heavy (non-hydrogen) atoms. The van der Waals surface area contributed by atoms with Crippen LogP contribution in [0.4, 0.5) is 0 Å². The number of nitrogens with two attached hydrogens (primary N) is 1. The Morgan fingerprint density at radius 1 is 1.10 bits per heavy atom. The average Bonchev–Trinajstić information content (AvgIpc) is 3.48. The molecule has 7 rings (SSSR count). The topological polar surface area (TPSA) is 58.4 Å². The van der Waals surface area contributed by atoms with Crippen LogP contribution in [0, 0.1) is 22.7 Å². The van der Waals surface area contributed by atoms with Gasteiger partial charge < -0.3 is 16.0 Å². The van der Waals surface area contributed by atoms with Crippen LogP contribution in [0.1, 0.15) is 64.4 Å². The molecule has 1 saturated heterocycles. The first-order valence-electron chi connectivity index (χ1n) is 12.2. The van der Waals surface area contributed by atoms with Gasteiger partial charge >= 0.3 is 0 Å². The molecule has 162 valence electrons. The van der Waals surface area contributed by atoms with Crippen molar-refractivity contribution in [1.82, 2.24) is 10.2 Å². The van der Waals surface area contributed by atoms with Gasteiger partial charge in [0.15, 0.2) is 0 Å². The number of piperidine rings is 1. The highest BCUT2D eigenvalue weighted by atomic mass is 16.2. The molecular weight excluding hydrogens is 370 g/mol. The monoisotopic (exact) mass is 407 g/mol. The van der Waals surface area contributed by atoms with Gasteiger partial charge in [0.2, 0.25) is 5.91 Å². The van der Waals surface area contributed by atoms with Gasteiger partial charge in [-0.1, -0.05) is 44.2 Å². The highest BCUT2D eigenvalue weighted by Gasteiger charge is 2.71. The van der Waals surface area contributed by atoms with Gasteiger partial charge in [-0.05, 0) is 73.2 Å². The molecule has 6 atom stereocenters. The average molecular weight is 408 g/mol. The number of likely N-dealkylation sites (tertiary alicyclic amines) is 1. The fourth-order valence-electron chi connectivity index (χ4n) is 7.99. The van der Waals surface area contributed by atoms with Crippen LogP contribution in [0.2, 0.25) is 0 Å². The minimum atomic E-state index is -0.164. The summed E-state index contributed by atoms with van der Waals surface area (Å²) in [5.41, 5.74) is 7.91. The van der Waals surface area contributed by atoms with Gasteiger partial charge in [-0.3, -0.25) is 4.79 Å². The number of carbonyl (C=O) groups is 1. The summed E-state index contributed by atoms with van der Waals surface area (Å²) >= 11 is 0. The van der Waals surface area contributed by atoms with Crippen LogP contribution < -0.4 is 11.1 Å². The molecule has 0 aromatic heterocycles. The standard InChI is InChI=1S/C26H37N3O/c1-24(2)16-29(11-10-21(24)27)23(30)26-13-17-12-25(15-26,18-6-4-3-5-7-18)14-20(26)22(17)28-19-8-9-19/h3-7,17,19-22,28H,8-16,27H2,1-2H3/t17?,20?,21-,22?,25?,26?/m0/s1. The zero-order chi connectivity index (χ0) is 20.7. The van der Waals surface area contributed by atoms with Crippen LogP contribution in [0.15, 0.2) is 30.3 Å². The van der Waals surface area contributed by atoms with E-state index >= 15 is 0 Å². The number of rotatable bonds is 4. The second-order valence-corrected chi connectivity index (χ2v) is 12.0. The van der Waals surface area contributed by atoms with Crippen LogP contribution >= 0.6 is 0 Å². The lowest BCUT2D eigenvalue weighted by Crippen LogP contribution is -2.57. The molecule has 0 spiro atoms. The zero-order valence-electron chi connectivity index (χ0n) is 18.6. The van der Waals surface area contributed by atoms with E-state index in [9.17, 15) is 4.79 Å². The van der Waals surface area contributed by atoms with Gasteiger partial charge in [0.1, 0.15) is 0 Å². The summed E-state index contributed by atoms with van der Waals surface area (Å²) in [4.78, 5) is 16.4. The van der Waals surface area contributed by atoms with E-state index in [4.69, 9.17) is 5.73 Å². The maximum atomic E-state index is 14.2. The summed E-state index contributed by atoms with van der Waals surface area (Å²) in [7, 11) is 0. The van der Waals surface area contributed by atoms with Crippen LogP contribution in [-0.2, 0) is 10.2 Å². The van der Waals surface area contributed by atoms with Crippen molar-refractivity contribution in [1.29, 1.82) is 0 Å². The third kappa shape index (κ3) is 2.69. The molecule has 1 aromatic carbocycles. The van der Waals surface area contributed by atoms with Gasteiger partial charge in [0.25, 0.3) is 0 Å². The first-order valence-corrected chi connectivity index (χ1v) is 12.2. The quantitative estimate of drug-likeness (QED) is 0.804. The number of nitrogens with one attached hydrogen (secondary N) is 1. The van der Waals surface area contributed by atoms with Gasteiger partial charge in [0.05, 0.1) is 5.41 Å². The van der Waals surface area contributed by atoms with E-state index in [1.807, 2.05) is 0 Å². The highest BCUT2D eigenvalue weighted by Crippen LogP contribution is 2.71. The molecule has 0 radical (unpaired) electrons. The smallest absolute Gasteiger partial charge is 0.229 e. The second-order valence-electron chi connectivity index (χ2n) is 12.0. The largest absolute Gasteiger partial charge is 0.342 e. The van der Waals surface area contributed by atoms with Crippen molar-refractivity contribution in [3.05, 3.63) is 35.9 Å². The molecule has 6 fully saturated rings. The Hall–Kier alpha value is -1.39. The van der Waals surface area contributed by atoms with E-state index < -0.39 is 0 Å². The van der Waals surface area contributed by atoms with Crippen molar-refractivity contribution in [2.75, 3.05) is 13.1 Å². The van der Waals surface area contributed by atoms with Gasteiger partial charge in [-0.2, -0.15) is 0 Å². The van der Waals surface area contributed by atoms with Crippen LogP contribution in [0.25, 0.3) is 0 Å². The Labute approximate surface area is 181 Å². The Balaban J connectivity index is 1.35. The van der Waals surface area contributed by atoms with Crippen molar-refractivity contribution in [3.8, 4) is 0 Å². The van der Waals surface area contributed by atoms with Crippen LogP contribution in [0.3, 0.4) is 0 Å². The maximum Gasteiger partial charge on any atom is 0.229 e. The summed E-state index contributed by atoms with van der Waals surface area (Å²) < 4.78 is 0. The fourth-order valence-corrected chi connectivity index (χ4v) is 7.99. The highest BCUT2D eigenvalue weighted by molar-refractivity contribution is 5.85. The lowest BCUT2D eigenvalue weighted by atomic mass is 9.62. The first-order chi connectivity index (χ1) is 14.3. The van der Waals surface area contributed by atoms with Gasteiger partial charge in [-0.25, -0.2) is 0 Å². The third-order valence-corrected chi connectivity index (χ3v) is 9.61. The van der Waals surface area contributed by atoms with Crippen LogP contribution in [-0.4, -0.2) is 42.0 Å². The SMILES string of the molecule is CC1(C)CN(C(=O)C23CC4CC(c5ccccc5)(CC2C4NC2CC2)C3)CC[C@@H]1N. The fraction of sp³-hybridized carbons (Fsp3) is 0.731. The molecule has 5 aliphatic carbocycles. The van der Waals surface area contributed by atoms with Crippen LogP contribution in [0.5, 0.6) is 0 Å². The summed E-state index contributed by atoms with van der Waals surface area (Å²) in [5.74, 6) is 1.58. The van der Waals surface area contributed by atoms with Crippen molar-refractivity contribution < 1.29 is 4.79 Å². The minimum absolute atomic E-state index is 0.00293. The van der Waals surface area contributed by atoms with E-state index in [1.54, 1.807) is 0 Å². The molecule has 1 aromatic rings. The van der Waals surface area contributed by atoms with Gasteiger partial charge in [-0.15, -0.1) is 0 Å². The molecular formula is C26H37N3O. The first kappa shape index (κ1) is 19.3. The molecule has 1 heterocycles. The molecule has 1 amide bonds. The summed E-state index contributed by atoms with van der Waals surface area (Å²) in [6.07, 6.45) is 8.15. The number of hydrogen-bond acceptors (Lipinski definition) is 3. The number of benzene rings is 1. The lowest BCUT2D eigenvalue weighted by molar-refractivity contribution is -0.148. The van der Waals surface area contributed by atoms with Crippen molar-refractivity contribution in [2.45, 2.75) is 82.3 Å². The molecule has 6 aliphatic rings. The zero-order valence-corrected chi connectivity index (χ0v) is 18.6. The summed E-state index contributed by atoms with van der Waals surface area (Å²) in [6.45, 7) is 6.11. The summed E-state index contributed by atoms with van der Waals surface area (Å²) in [6, 6.07) is 12.6. The number of nitrogens with zero attached hydrogens (tertiary/aromatic N) is 1. The predicted molar refractivity (Wildman–Crippen MR) is 119 cm³/mol. The minimum Gasteiger partial charge on any atom is -0.342 e. The van der Waals surface area contributed by atoms with E-state index in [2.05, 4.69) is 54.4 Å². The molecule has 1 aliphatic heterocycles. The molecule has 4 nitrogen and oxygen atoms in total. The van der Waals surface area contributed by atoms with E-state index in [0.29, 0.717) is 29.8 Å². The molecule has 4 bridgehead atoms. The number of carbonyl (C=O) groups excluding carboxylic acids is 1. The van der Waals surface area contributed by atoms with Crippen molar-refractivity contribution >= 4 is 5.91 Å². The second kappa shape index (κ2) is 6.32. The molecule has 5 unspecified atom stereocenters. The molecule has 3 N–H and O–H groups in total. The Morgan fingerprint density at radius 2 is 1.87 bits per heavy atom. The summed E-state index contributed by atoms with van der Waals surface area (Å²) in [5, 5.41) is 4.00. The van der Waals surface area contributed by atoms with Crippen molar-refractivity contribution in [2.24, 2.45) is 28.4 Å². The van der Waals surface area contributed by atoms with Gasteiger partial charge in [0, 0.05) is 31.2 Å². The number of hydrogen-bond donors (Lipinski definition) is 2. The predicted octanol–water partition coefficient (Wildman–Crippen LogP) is 3.45. The lowest BCUT2D eigenvalue weighted by Gasteiger charge is -2.47.